The topological polar surface area (TPSA) is 77.0 Å². The highest BCUT2D eigenvalue weighted by Crippen LogP contribution is 2.34. The van der Waals surface area contributed by atoms with Crippen molar-refractivity contribution >= 4 is 27.2 Å². The van der Waals surface area contributed by atoms with E-state index in [2.05, 4.69) is 29.1 Å². The minimum Gasteiger partial charge on any atom is -0.399 e. The van der Waals surface area contributed by atoms with Gasteiger partial charge < -0.3 is 10.8 Å². The van der Waals surface area contributed by atoms with Crippen LogP contribution in [0.25, 0.3) is 20.7 Å². The fourth-order valence-electron chi connectivity index (χ4n) is 2.92. The number of aliphatic hydroxyl groups is 1. The molecule has 166 valence electrons. The summed E-state index contributed by atoms with van der Waals surface area (Å²) in [4.78, 5) is 5.64. The number of fused-ring (bicyclic) bond motifs is 1. The summed E-state index contributed by atoms with van der Waals surface area (Å²) in [6.45, 7) is 8.54. The van der Waals surface area contributed by atoms with Gasteiger partial charge in [0, 0.05) is 28.5 Å². The fourth-order valence-corrected chi connectivity index (χ4v) is 4.05. The Morgan fingerprint density at radius 2 is 1.97 bits per heavy atom. The van der Waals surface area contributed by atoms with Gasteiger partial charge in [-0.25, -0.2) is 4.39 Å². The van der Waals surface area contributed by atoms with Gasteiger partial charge in [0.2, 0.25) is 0 Å². The van der Waals surface area contributed by atoms with Gasteiger partial charge in [0.05, 0.1) is 29.6 Å². The maximum atomic E-state index is 12.5. The first kappa shape index (κ1) is 24.5. The standard InChI is InChI=1S/C15H17N3OS.C7H8FN.C2H6/c1-2-3-11-4-5-16-13-8-14(20-15(11)13)12-9-17-18(10-12)6-7-19;1-5-2-3-6(9)4-7(5)8;1-2/h4-5,8-10,19H,2-3,6-7H2,1H3;2-4H,9H2,1H3;1-2H3. The minimum atomic E-state index is -0.241. The molecule has 7 heteroatoms. The molecule has 0 bridgehead atoms. The molecular weight excluding hydrogens is 411 g/mol. The highest BCUT2D eigenvalue weighted by molar-refractivity contribution is 7.22. The van der Waals surface area contributed by atoms with Crippen molar-refractivity contribution in [1.29, 1.82) is 0 Å². The molecule has 0 radical (unpaired) electrons. The largest absolute Gasteiger partial charge is 0.399 e. The number of nitrogens with zero attached hydrogens (tertiary/aromatic N) is 3. The summed E-state index contributed by atoms with van der Waals surface area (Å²) < 4.78 is 15.5. The van der Waals surface area contributed by atoms with Gasteiger partial charge in [-0.1, -0.05) is 33.3 Å². The molecule has 0 aliphatic rings. The van der Waals surface area contributed by atoms with Crippen LogP contribution in [0.4, 0.5) is 10.1 Å². The Balaban J connectivity index is 0.000000261. The van der Waals surface area contributed by atoms with Crippen molar-refractivity contribution in [3.63, 3.8) is 0 Å². The number of nitrogen functional groups attached to an aromatic ring is 1. The van der Waals surface area contributed by atoms with E-state index >= 15 is 0 Å². The Morgan fingerprint density at radius 3 is 2.61 bits per heavy atom. The normalized spacial score (nSPS) is 10.3. The van der Waals surface area contributed by atoms with E-state index in [0.29, 0.717) is 17.8 Å². The minimum absolute atomic E-state index is 0.107. The SMILES string of the molecule is CC.CCCc1ccnc2cc(-c3cnn(CCO)c3)sc12.Cc1ccc(N)cc1F. The quantitative estimate of drug-likeness (QED) is 0.380. The maximum Gasteiger partial charge on any atom is 0.128 e. The predicted molar refractivity (Wildman–Crippen MR) is 129 cm³/mol. The second kappa shape index (κ2) is 12.2. The van der Waals surface area contributed by atoms with Gasteiger partial charge in [-0.15, -0.1) is 11.3 Å². The lowest BCUT2D eigenvalue weighted by molar-refractivity contribution is 0.269. The van der Waals surface area contributed by atoms with Gasteiger partial charge in [0.15, 0.2) is 0 Å². The van der Waals surface area contributed by atoms with Crippen molar-refractivity contribution in [1.82, 2.24) is 14.8 Å². The van der Waals surface area contributed by atoms with Crippen LogP contribution in [0.15, 0.2) is 48.9 Å². The van der Waals surface area contributed by atoms with Gasteiger partial charge >= 0.3 is 0 Å². The van der Waals surface area contributed by atoms with Gasteiger partial charge in [-0.05, 0) is 48.7 Å². The van der Waals surface area contributed by atoms with E-state index in [1.165, 1.54) is 21.2 Å². The number of pyridine rings is 1. The van der Waals surface area contributed by atoms with Gasteiger partial charge in [-0.3, -0.25) is 9.67 Å². The number of anilines is 1. The smallest absolute Gasteiger partial charge is 0.128 e. The molecule has 0 amide bonds. The van der Waals surface area contributed by atoms with Crippen LogP contribution in [-0.4, -0.2) is 26.5 Å². The van der Waals surface area contributed by atoms with Crippen LogP contribution in [-0.2, 0) is 13.0 Å². The Morgan fingerprint density at radius 1 is 1.19 bits per heavy atom. The van der Waals surface area contributed by atoms with Crippen LogP contribution in [0, 0.1) is 12.7 Å². The molecule has 0 aliphatic heterocycles. The Kier molecular flexibility index (Phi) is 9.62. The third-order valence-electron chi connectivity index (χ3n) is 4.46. The van der Waals surface area contributed by atoms with Crippen molar-refractivity contribution in [3.8, 4) is 10.4 Å². The number of aliphatic hydroxyl groups excluding tert-OH is 1. The molecule has 5 nitrogen and oxygen atoms in total. The first-order chi connectivity index (χ1) is 15.0. The number of hydrogen-bond donors (Lipinski definition) is 2. The number of halogens is 1. The van der Waals surface area contributed by atoms with E-state index in [9.17, 15) is 4.39 Å². The summed E-state index contributed by atoms with van der Waals surface area (Å²) in [6, 6.07) is 8.89. The molecule has 3 aromatic heterocycles. The van der Waals surface area contributed by atoms with Crippen molar-refractivity contribution in [2.75, 3.05) is 12.3 Å². The zero-order chi connectivity index (χ0) is 22.8. The number of thiophene rings is 1. The number of benzene rings is 1. The molecule has 4 aromatic rings. The van der Waals surface area contributed by atoms with Crippen molar-refractivity contribution < 1.29 is 9.50 Å². The molecule has 0 fully saturated rings. The lowest BCUT2D eigenvalue weighted by Crippen LogP contribution is -2.01. The third-order valence-corrected chi connectivity index (χ3v) is 5.70. The van der Waals surface area contributed by atoms with Crippen LogP contribution >= 0.6 is 11.3 Å². The molecule has 0 aliphatic carbocycles. The summed E-state index contributed by atoms with van der Waals surface area (Å²) in [6.07, 6.45) is 7.93. The lowest BCUT2D eigenvalue weighted by atomic mass is 10.1. The molecule has 31 heavy (non-hydrogen) atoms. The zero-order valence-corrected chi connectivity index (χ0v) is 19.4. The summed E-state index contributed by atoms with van der Waals surface area (Å²) in [5.74, 6) is -0.241. The first-order valence-electron chi connectivity index (χ1n) is 10.5. The highest BCUT2D eigenvalue weighted by atomic mass is 32.1. The molecule has 0 spiro atoms. The third kappa shape index (κ3) is 6.60. The van der Waals surface area contributed by atoms with Crippen LogP contribution in [0.2, 0.25) is 0 Å². The summed E-state index contributed by atoms with van der Waals surface area (Å²) in [5.41, 5.74) is 9.91. The monoisotopic (exact) mass is 442 g/mol. The number of rotatable bonds is 5. The average Bonchev–Trinajstić information content (AvgIpc) is 3.41. The summed E-state index contributed by atoms with van der Waals surface area (Å²) in [7, 11) is 0. The zero-order valence-electron chi connectivity index (χ0n) is 18.6. The number of hydrogen-bond acceptors (Lipinski definition) is 5. The highest BCUT2D eigenvalue weighted by Gasteiger charge is 2.10. The average molecular weight is 443 g/mol. The molecule has 0 saturated heterocycles. The second-order valence-corrected chi connectivity index (χ2v) is 7.82. The Bertz CT molecular complexity index is 1090. The summed E-state index contributed by atoms with van der Waals surface area (Å²) >= 11 is 1.77. The lowest BCUT2D eigenvalue weighted by Gasteiger charge is -1.98. The van der Waals surface area contributed by atoms with Gasteiger partial charge in [0.25, 0.3) is 0 Å². The van der Waals surface area contributed by atoms with E-state index in [-0.39, 0.29) is 12.4 Å². The van der Waals surface area contributed by atoms with Gasteiger partial charge in [-0.2, -0.15) is 5.10 Å². The summed E-state index contributed by atoms with van der Waals surface area (Å²) in [5, 5.41) is 13.2. The van der Waals surface area contributed by atoms with Crippen molar-refractivity contribution in [3.05, 3.63) is 65.9 Å². The Labute approximate surface area is 187 Å². The van der Waals surface area contributed by atoms with E-state index in [0.717, 1.165) is 23.9 Å². The number of aromatic nitrogens is 3. The molecule has 4 rings (SSSR count). The molecule has 0 unspecified atom stereocenters. The molecule has 3 heterocycles. The first-order valence-corrected chi connectivity index (χ1v) is 11.4. The van der Waals surface area contributed by atoms with E-state index < -0.39 is 0 Å². The molecule has 0 saturated carbocycles. The number of aryl methyl sites for hydroxylation is 2. The van der Waals surface area contributed by atoms with E-state index in [1.54, 1.807) is 35.1 Å². The van der Waals surface area contributed by atoms with Crippen molar-refractivity contribution in [2.24, 2.45) is 0 Å². The van der Waals surface area contributed by atoms with Crippen molar-refractivity contribution in [2.45, 2.75) is 47.1 Å². The van der Waals surface area contributed by atoms with Crippen LogP contribution in [0.3, 0.4) is 0 Å². The fraction of sp³-hybridized carbons (Fsp3) is 0.333. The van der Waals surface area contributed by atoms with Crippen LogP contribution in [0.1, 0.15) is 38.3 Å². The molecule has 3 N–H and O–H groups in total. The van der Waals surface area contributed by atoms with E-state index in [1.807, 2.05) is 32.4 Å². The Hall–Kier alpha value is -2.77. The molecular formula is C24H31FN4OS. The second-order valence-electron chi connectivity index (χ2n) is 6.77. The van der Waals surface area contributed by atoms with E-state index in [4.69, 9.17) is 10.8 Å². The van der Waals surface area contributed by atoms with Crippen LogP contribution < -0.4 is 5.73 Å². The molecule has 1 aromatic carbocycles. The maximum absolute atomic E-state index is 12.5. The van der Waals surface area contributed by atoms with Crippen LogP contribution in [0.5, 0.6) is 0 Å². The number of nitrogens with two attached hydrogens (primary N) is 1. The molecule has 0 atom stereocenters. The van der Waals surface area contributed by atoms with Gasteiger partial charge in [0.1, 0.15) is 5.82 Å². The predicted octanol–water partition coefficient (Wildman–Crippen LogP) is 5.85.